The fourth-order valence-corrected chi connectivity index (χ4v) is 2.63. The molecule has 0 heterocycles. The van der Waals surface area contributed by atoms with Crippen LogP contribution in [0, 0.1) is 0 Å². The van der Waals surface area contributed by atoms with Crippen LogP contribution in [0.3, 0.4) is 0 Å². The maximum absolute atomic E-state index is 2.47. The van der Waals surface area contributed by atoms with Crippen molar-refractivity contribution < 1.29 is 0 Å². The largest absolute Gasteiger partial charge is 0.371 e. The average molecular weight is 241 g/mol. The third-order valence-electron chi connectivity index (χ3n) is 3.63. The van der Waals surface area contributed by atoms with Crippen LogP contribution in [0.15, 0.2) is 36.4 Å². The molecule has 0 aromatic heterocycles. The summed E-state index contributed by atoms with van der Waals surface area (Å²) in [6.07, 6.45) is 0. The van der Waals surface area contributed by atoms with Gasteiger partial charge in [-0.2, -0.15) is 0 Å². The Bertz CT molecular complexity index is 524. The van der Waals surface area contributed by atoms with Crippen LogP contribution in [0.4, 0.5) is 5.69 Å². The maximum Gasteiger partial charge on any atom is 0.0480 e. The van der Waals surface area contributed by atoms with Crippen LogP contribution >= 0.6 is 0 Å². The smallest absolute Gasteiger partial charge is 0.0480 e. The molecule has 1 heteroatoms. The van der Waals surface area contributed by atoms with E-state index in [-0.39, 0.29) is 0 Å². The van der Waals surface area contributed by atoms with Crippen molar-refractivity contribution in [3.05, 3.63) is 42.0 Å². The van der Waals surface area contributed by atoms with E-state index in [2.05, 4.69) is 69.0 Å². The minimum atomic E-state index is 0.560. The first-order valence-corrected chi connectivity index (χ1v) is 6.95. The molecule has 0 bridgehead atoms. The maximum atomic E-state index is 2.47. The van der Waals surface area contributed by atoms with Crippen LogP contribution in [0.1, 0.15) is 39.2 Å². The summed E-state index contributed by atoms with van der Waals surface area (Å²) in [6, 6.07) is 13.2. The number of nitrogens with zero attached hydrogens (tertiary/aromatic N) is 1. The summed E-state index contributed by atoms with van der Waals surface area (Å²) in [7, 11) is 0. The van der Waals surface area contributed by atoms with Crippen molar-refractivity contribution in [2.45, 2.75) is 33.6 Å². The molecule has 0 aliphatic heterocycles. The molecule has 0 saturated carbocycles. The van der Waals surface area contributed by atoms with E-state index in [1.165, 1.54) is 22.0 Å². The third kappa shape index (κ3) is 2.22. The minimum Gasteiger partial charge on any atom is -0.371 e. The summed E-state index contributed by atoms with van der Waals surface area (Å²) in [4.78, 5) is 2.47. The van der Waals surface area contributed by atoms with Crippen LogP contribution in [0.2, 0.25) is 0 Å². The van der Waals surface area contributed by atoms with E-state index < -0.39 is 0 Å². The lowest BCUT2D eigenvalue weighted by molar-refractivity contribution is 0.821. The topological polar surface area (TPSA) is 3.24 Å². The standard InChI is InChI=1S/C17H23N/c1-5-18(6-2)17-15(13(3)4)12-11-14-9-7-8-10-16(14)17/h7-13H,5-6H2,1-4H3. The molecule has 2 rings (SSSR count). The van der Waals surface area contributed by atoms with Gasteiger partial charge in [0.15, 0.2) is 0 Å². The second-order valence-electron chi connectivity index (χ2n) is 5.05. The van der Waals surface area contributed by atoms with Gasteiger partial charge in [0.1, 0.15) is 0 Å². The van der Waals surface area contributed by atoms with Gasteiger partial charge in [0, 0.05) is 24.2 Å². The molecule has 0 fully saturated rings. The molecule has 0 radical (unpaired) electrons. The van der Waals surface area contributed by atoms with Gasteiger partial charge in [0.2, 0.25) is 0 Å². The van der Waals surface area contributed by atoms with E-state index in [0.717, 1.165) is 13.1 Å². The van der Waals surface area contributed by atoms with Gasteiger partial charge in [0.25, 0.3) is 0 Å². The Labute approximate surface area is 110 Å². The summed E-state index contributed by atoms with van der Waals surface area (Å²) in [5, 5.41) is 2.72. The van der Waals surface area contributed by atoms with Crippen LogP contribution in [0.5, 0.6) is 0 Å². The fourth-order valence-electron chi connectivity index (χ4n) is 2.63. The highest BCUT2D eigenvalue weighted by atomic mass is 15.1. The number of anilines is 1. The molecule has 18 heavy (non-hydrogen) atoms. The molecule has 0 unspecified atom stereocenters. The minimum absolute atomic E-state index is 0.560. The van der Waals surface area contributed by atoms with Gasteiger partial charge in [-0.3, -0.25) is 0 Å². The summed E-state index contributed by atoms with van der Waals surface area (Å²) >= 11 is 0. The zero-order valence-electron chi connectivity index (χ0n) is 11.9. The molecule has 0 N–H and O–H groups in total. The van der Waals surface area contributed by atoms with Crippen LogP contribution in [-0.2, 0) is 0 Å². The van der Waals surface area contributed by atoms with E-state index in [1.807, 2.05) is 0 Å². The number of benzene rings is 2. The molecule has 0 saturated heterocycles. The molecular formula is C17H23N. The van der Waals surface area contributed by atoms with Crippen LogP contribution < -0.4 is 4.90 Å². The fraction of sp³-hybridized carbons (Fsp3) is 0.412. The van der Waals surface area contributed by atoms with Gasteiger partial charge < -0.3 is 4.90 Å². The highest BCUT2D eigenvalue weighted by Gasteiger charge is 2.14. The molecule has 0 spiro atoms. The Morgan fingerprint density at radius 1 is 0.944 bits per heavy atom. The zero-order chi connectivity index (χ0) is 13.1. The van der Waals surface area contributed by atoms with Crippen molar-refractivity contribution in [1.82, 2.24) is 0 Å². The van der Waals surface area contributed by atoms with Crippen molar-refractivity contribution in [2.75, 3.05) is 18.0 Å². The van der Waals surface area contributed by atoms with E-state index in [4.69, 9.17) is 0 Å². The average Bonchev–Trinajstić information content (AvgIpc) is 2.40. The summed E-state index contributed by atoms with van der Waals surface area (Å²) in [6.45, 7) is 11.1. The molecule has 96 valence electrons. The van der Waals surface area contributed by atoms with E-state index >= 15 is 0 Å². The molecule has 2 aromatic rings. The Kier molecular flexibility index (Phi) is 3.90. The van der Waals surface area contributed by atoms with E-state index in [9.17, 15) is 0 Å². The lowest BCUT2D eigenvalue weighted by Gasteiger charge is -2.27. The highest BCUT2D eigenvalue weighted by Crippen LogP contribution is 2.34. The molecular weight excluding hydrogens is 218 g/mol. The second kappa shape index (κ2) is 5.43. The molecule has 0 amide bonds. The quantitative estimate of drug-likeness (QED) is 0.742. The first kappa shape index (κ1) is 12.9. The van der Waals surface area contributed by atoms with Crippen molar-refractivity contribution >= 4 is 16.5 Å². The van der Waals surface area contributed by atoms with Crippen LogP contribution in [0.25, 0.3) is 10.8 Å². The normalized spacial score (nSPS) is 11.2. The first-order chi connectivity index (χ1) is 8.69. The Hall–Kier alpha value is -1.50. The van der Waals surface area contributed by atoms with Crippen molar-refractivity contribution in [3.8, 4) is 0 Å². The Balaban J connectivity index is 2.73. The van der Waals surface area contributed by atoms with Gasteiger partial charge in [-0.05, 0) is 30.7 Å². The first-order valence-electron chi connectivity index (χ1n) is 6.95. The van der Waals surface area contributed by atoms with Crippen molar-refractivity contribution in [3.63, 3.8) is 0 Å². The van der Waals surface area contributed by atoms with Gasteiger partial charge in [-0.15, -0.1) is 0 Å². The highest BCUT2D eigenvalue weighted by molar-refractivity contribution is 5.96. The van der Waals surface area contributed by atoms with E-state index in [1.54, 1.807) is 0 Å². The SMILES string of the molecule is CCN(CC)c1c(C(C)C)ccc2ccccc12. The number of rotatable bonds is 4. The van der Waals surface area contributed by atoms with Crippen molar-refractivity contribution in [2.24, 2.45) is 0 Å². The number of hydrogen-bond acceptors (Lipinski definition) is 1. The summed E-state index contributed by atoms with van der Waals surface area (Å²) in [5.74, 6) is 0.560. The monoisotopic (exact) mass is 241 g/mol. The predicted octanol–water partition coefficient (Wildman–Crippen LogP) is 4.81. The molecule has 0 atom stereocenters. The lowest BCUT2D eigenvalue weighted by Crippen LogP contribution is -2.23. The van der Waals surface area contributed by atoms with Crippen LogP contribution in [-0.4, -0.2) is 13.1 Å². The zero-order valence-corrected chi connectivity index (χ0v) is 11.9. The third-order valence-corrected chi connectivity index (χ3v) is 3.63. The summed E-state index contributed by atoms with van der Waals surface area (Å²) < 4.78 is 0. The van der Waals surface area contributed by atoms with Gasteiger partial charge in [0.05, 0.1) is 0 Å². The molecule has 0 aliphatic rings. The van der Waals surface area contributed by atoms with E-state index in [0.29, 0.717) is 5.92 Å². The summed E-state index contributed by atoms with van der Waals surface area (Å²) in [5.41, 5.74) is 2.88. The number of hydrogen-bond donors (Lipinski definition) is 0. The molecule has 1 nitrogen and oxygen atoms in total. The second-order valence-corrected chi connectivity index (χ2v) is 5.05. The van der Waals surface area contributed by atoms with Gasteiger partial charge >= 0.3 is 0 Å². The van der Waals surface area contributed by atoms with Crippen molar-refractivity contribution in [1.29, 1.82) is 0 Å². The number of fused-ring (bicyclic) bond motifs is 1. The van der Waals surface area contributed by atoms with Gasteiger partial charge in [-0.1, -0.05) is 50.2 Å². The molecule has 0 aliphatic carbocycles. The predicted molar refractivity (Wildman–Crippen MR) is 81.6 cm³/mol. The Morgan fingerprint density at radius 3 is 2.22 bits per heavy atom. The lowest BCUT2D eigenvalue weighted by atomic mass is 9.95. The van der Waals surface area contributed by atoms with Gasteiger partial charge in [-0.25, -0.2) is 0 Å². The Morgan fingerprint density at radius 2 is 1.61 bits per heavy atom. The molecule has 2 aromatic carbocycles.